The second kappa shape index (κ2) is 4.57. The minimum Gasteiger partial charge on any atom is -0.325 e. The van der Waals surface area contributed by atoms with Gasteiger partial charge in [0.2, 0.25) is 5.91 Å². The van der Waals surface area contributed by atoms with Crippen LogP contribution in [0.2, 0.25) is 5.02 Å². The predicted octanol–water partition coefficient (Wildman–Crippen LogP) is 3.38. The third-order valence-electron chi connectivity index (χ3n) is 2.55. The van der Waals surface area contributed by atoms with Crippen molar-refractivity contribution in [2.24, 2.45) is 5.92 Å². The maximum atomic E-state index is 11.7. The highest BCUT2D eigenvalue weighted by atomic mass is 35.5. The van der Waals surface area contributed by atoms with E-state index in [1.807, 2.05) is 0 Å². The highest BCUT2D eigenvalue weighted by molar-refractivity contribution is 6.52. The third-order valence-corrected chi connectivity index (χ3v) is 3.71. The molecule has 18 heavy (non-hydrogen) atoms. The van der Waals surface area contributed by atoms with Crippen molar-refractivity contribution < 1.29 is 9.72 Å². The van der Waals surface area contributed by atoms with Gasteiger partial charge >= 0.3 is 0 Å². The fraction of sp³-hybridized carbons (Fsp3) is 0.300. The number of carbonyl (C=O) groups is 1. The van der Waals surface area contributed by atoms with E-state index >= 15 is 0 Å². The highest BCUT2D eigenvalue weighted by Crippen LogP contribution is 2.53. The van der Waals surface area contributed by atoms with E-state index in [1.165, 1.54) is 18.2 Å². The summed E-state index contributed by atoms with van der Waals surface area (Å²) in [6, 6.07) is 4.00. The van der Waals surface area contributed by atoms with Crippen LogP contribution in [0.3, 0.4) is 0 Å². The molecule has 0 spiro atoms. The first-order valence-electron chi connectivity index (χ1n) is 4.94. The first-order valence-corrected chi connectivity index (χ1v) is 6.07. The third kappa shape index (κ3) is 2.68. The van der Waals surface area contributed by atoms with Crippen molar-refractivity contribution in [3.63, 3.8) is 0 Å². The van der Waals surface area contributed by atoms with Gasteiger partial charge in [0.05, 0.1) is 10.8 Å². The molecular weight excluding hydrogens is 302 g/mol. The number of anilines is 1. The summed E-state index contributed by atoms with van der Waals surface area (Å²) in [6.45, 7) is 0. The van der Waals surface area contributed by atoms with Crippen LogP contribution in [-0.2, 0) is 4.79 Å². The van der Waals surface area contributed by atoms with E-state index in [9.17, 15) is 14.9 Å². The Hall–Kier alpha value is -1.04. The van der Waals surface area contributed by atoms with Gasteiger partial charge in [0.1, 0.15) is 9.36 Å². The maximum Gasteiger partial charge on any atom is 0.289 e. The van der Waals surface area contributed by atoms with Crippen molar-refractivity contribution in [2.45, 2.75) is 10.8 Å². The molecule has 1 aromatic carbocycles. The molecule has 8 heteroatoms. The minimum atomic E-state index is -1.03. The van der Waals surface area contributed by atoms with E-state index in [2.05, 4.69) is 5.32 Å². The second-order valence-electron chi connectivity index (χ2n) is 3.93. The van der Waals surface area contributed by atoms with Crippen molar-refractivity contribution in [3.8, 4) is 0 Å². The van der Waals surface area contributed by atoms with Crippen molar-refractivity contribution in [1.29, 1.82) is 0 Å². The molecule has 0 saturated heterocycles. The number of hydrogen-bond donors (Lipinski definition) is 1. The van der Waals surface area contributed by atoms with E-state index in [0.717, 1.165) is 0 Å². The molecule has 0 radical (unpaired) electrons. The number of nitro benzene ring substituents is 1. The summed E-state index contributed by atoms with van der Waals surface area (Å²) < 4.78 is -1.03. The number of amides is 1. The van der Waals surface area contributed by atoms with E-state index < -0.39 is 15.2 Å². The number of nitrogens with zero attached hydrogens (tertiary/aromatic N) is 1. The van der Waals surface area contributed by atoms with Crippen molar-refractivity contribution in [2.75, 3.05) is 5.32 Å². The van der Waals surface area contributed by atoms with Gasteiger partial charge in [-0.3, -0.25) is 14.9 Å². The lowest BCUT2D eigenvalue weighted by Crippen LogP contribution is -2.16. The van der Waals surface area contributed by atoms with Crippen LogP contribution in [-0.4, -0.2) is 15.2 Å². The molecule has 2 rings (SSSR count). The molecule has 0 bridgehead atoms. The zero-order valence-corrected chi connectivity index (χ0v) is 11.1. The first kappa shape index (κ1) is 13.4. The van der Waals surface area contributed by atoms with Gasteiger partial charge in [0.25, 0.3) is 5.69 Å². The fourth-order valence-electron chi connectivity index (χ4n) is 1.46. The summed E-state index contributed by atoms with van der Waals surface area (Å²) in [5.41, 5.74) is 0.0143. The predicted molar refractivity (Wildman–Crippen MR) is 69.3 cm³/mol. The Kier molecular flexibility index (Phi) is 3.40. The lowest BCUT2D eigenvalue weighted by atomic mass is 10.2. The summed E-state index contributed by atoms with van der Waals surface area (Å²) in [7, 11) is 0. The molecule has 0 aliphatic heterocycles. The van der Waals surface area contributed by atoms with E-state index in [1.54, 1.807) is 0 Å². The molecule has 1 N–H and O–H groups in total. The minimum absolute atomic E-state index is 0.00783. The lowest BCUT2D eigenvalue weighted by Gasteiger charge is -2.05. The Morgan fingerprint density at radius 2 is 2.11 bits per heavy atom. The molecule has 1 aliphatic carbocycles. The summed E-state index contributed by atoms with van der Waals surface area (Å²) in [6.07, 6.45) is 0.373. The molecule has 1 saturated carbocycles. The number of nitro groups is 1. The van der Waals surface area contributed by atoms with Gasteiger partial charge in [-0.05, 0) is 18.6 Å². The molecule has 5 nitrogen and oxygen atoms in total. The normalized spacial score (nSPS) is 20.3. The Bertz CT molecular complexity index is 533. The van der Waals surface area contributed by atoms with E-state index in [0.29, 0.717) is 6.42 Å². The van der Waals surface area contributed by atoms with Gasteiger partial charge in [-0.25, -0.2) is 0 Å². The largest absolute Gasteiger partial charge is 0.325 e. The van der Waals surface area contributed by atoms with E-state index in [4.69, 9.17) is 34.8 Å². The molecule has 1 unspecified atom stereocenters. The van der Waals surface area contributed by atoms with Gasteiger partial charge in [-0.1, -0.05) is 11.6 Å². The van der Waals surface area contributed by atoms with Gasteiger partial charge < -0.3 is 5.32 Å². The number of nitrogens with one attached hydrogen (secondary N) is 1. The lowest BCUT2D eigenvalue weighted by molar-refractivity contribution is -0.384. The van der Waals surface area contributed by atoms with Crippen molar-refractivity contribution >= 4 is 52.1 Å². The van der Waals surface area contributed by atoms with Crippen LogP contribution in [0.15, 0.2) is 18.2 Å². The average Bonchev–Trinajstić information content (AvgIpc) is 2.90. The molecule has 1 fully saturated rings. The summed E-state index contributed by atoms with van der Waals surface area (Å²) >= 11 is 17.2. The quantitative estimate of drug-likeness (QED) is 0.528. The molecule has 96 valence electrons. The van der Waals surface area contributed by atoms with Crippen LogP contribution in [0.4, 0.5) is 11.4 Å². The summed E-state index contributed by atoms with van der Waals surface area (Å²) in [5.74, 6) is -0.854. The molecular formula is C10H7Cl3N2O3. The Balaban J connectivity index is 2.13. The van der Waals surface area contributed by atoms with Crippen LogP contribution in [0.5, 0.6) is 0 Å². The van der Waals surface area contributed by atoms with E-state index in [-0.39, 0.29) is 22.3 Å². The first-order chi connectivity index (χ1) is 8.31. The number of rotatable bonds is 3. The average molecular weight is 310 g/mol. The van der Waals surface area contributed by atoms with Crippen LogP contribution in [0, 0.1) is 16.0 Å². The molecule has 1 aromatic rings. The second-order valence-corrected chi connectivity index (χ2v) is 5.88. The number of benzene rings is 1. The molecule has 1 amide bonds. The summed E-state index contributed by atoms with van der Waals surface area (Å²) in [4.78, 5) is 21.7. The Morgan fingerprint density at radius 1 is 1.50 bits per heavy atom. The molecule has 0 aromatic heterocycles. The molecule has 1 aliphatic rings. The number of carbonyl (C=O) groups excluding carboxylic acids is 1. The van der Waals surface area contributed by atoms with Crippen molar-refractivity contribution in [1.82, 2.24) is 0 Å². The van der Waals surface area contributed by atoms with Gasteiger partial charge in [0.15, 0.2) is 0 Å². The van der Waals surface area contributed by atoms with Crippen molar-refractivity contribution in [3.05, 3.63) is 33.3 Å². The van der Waals surface area contributed by atoms with Gasteiger partial charge in [-0.15, -0.1) is 23.2 Å². The SMILES string of the molecule is O=C(Nc1ccc(Cl)c([N+](=O)[O-])c1)C1CC1(Cl)Cl. The van der Waals surface area contributed by atoms with Crippen LogP contribution in [0.25, 0.3) is 0 Å². The fourth-order valence-corrected chi connectivity index (χ4v) is 2.15. The standard InChI is InChI=1S/C10H7Cl3N2O3/c11-7-2-1-5(3-8(7)15(17)18)14-9(16)6-4-10(6,12)13/h1-3,6H,4H2,(H,14,16). The number of halogens is 3. The van der Waals surface area contributed by atoms with Crippen LogP contribution < -0.4 is 5.32 Å². The molecule has 1 atom stereocenters. The number of hydrogen-bond acceptors (Lipinski definition) is 3. The number of alkyl halides is 2. The highest BCUT2D eigenvalue weighted by Gasteiger charge is 2.56. The van der Waals surface area contributed by atoms with Gasteiger partial charge in [-0.2, -0.15) is 0 Å². The van der Waals surface area contributed by atoms with Crippen LogP contribution >= 0.6 is 34.8 Å². The zero-order valence-electron chi connectivity index (χ0n) is 8.82. The Morgan fingerprint density at radius 3 is 2.61 bits per heavy atom. The van der Waals surface area contributed by atoms with Gasteiger partial charge in [0, 0.05) is 11.8 Å². The molecule has 0 heterocycles. The topological polar surface area (TPSA) is 72.2 Å². The smallest absolute Gasteiger partial charge is 0.289 e. The van der Waals surface area contributed by atoms with Crippen LogP contribution in [0.1, 0.15) is 6.42 Å². The summed E-state index contributed by atoms with van der Waals surface area (Å²) in [5, 5.41) is 13.2. The maximum absolute atomic E-state index is 11.7. The zero-order chi connectivity index (χ0) is 13.5. The monoisotopic (exact) mass is 308 g/mol. The Labute approximate surface area is 117 Å².